The van der Waals surface area contributed by atoms with E-state index < -0.39 is 0 Å². The quantitative estimate of drug-likeness (QED) is 0.426. The number of Topliss-reactive ketones (excluding diaryl/α,β-unsaturated/α-hetero) is 1. The van der Waals surface area contributed by atoms with Crippen LogP contribution in [0.5, 0.6) is 0 Å². The first-order valence-electron chi connectivity index (χ1n) is 5.86. The van der Waals surface area contributed by atoms with Crippen LogP contribution in [-0.2, 0) is 16.0 Å². The van der Waals surface area contributed by atoms with E-state index >= 15 is 0 Å². The molecule has 0 aromatic carbocycles. The number of carbonyl (C=O) groups excluding carboxylic acids is 2. The number of methoxy groups -OCH3 is 1. The van der Waals surface area contributed by atoms with E-state index in [9.17, 15) is 9.59 Å². The van der Waals surface area contributed by atoms with Crippen LogP contribution in [0.15, 0.2) is 12.1 Å². The number of thiophene rings is 1. The van der Waals surface area contributed by atoms with Crippen LogP contribution in [-0.4, -0.2) is 18.9 Å². The van der Waals surface area contributed by atoms with Gasteiger partial charge in [0, 0.05) is 11.3 Å². The van der Waals surface area contributed by atoms with Gasteiger partial charge in [-0.2, -0.15) is 0 Å². The minimum atomic E-state index is -0.267. The smallest absolute Gasteiger partial charge is 0.310 e. The predicted octanol–water partition coefficient (Wildman–Crippen LogP) is 3.23. The SMILES string of the molecule is CCCCCC(=O)c1ccc(CC(=O)OC)s1. The van der Waals surface area contributed by atoms with Crippen molar-refractivity contribution in [3.8, 4) is 0 Å². The van der Waals surface area contributed by atoms with E-state index in [-0.39, 0.29) is 18.2 Å². The molecule has 1 aromatic heterocycles. The van der Waals surface area contributed by atoms with Crippen LogP contribution >= 0.6 is 11.3 Å². The third-order valence-corrected chi connectivity index (χ3v) is 3.62. The zero-order valence-electron chi connectivity index (χ0n) is 10.3. The first-order chi connectivity index (χ1) is 8.17. The number of esters is 1. The van der Waals surface area contributed by atoms with E-state index in [2.05, 4.69) is 11.7 Å². The second kappa shape index (κ2) is 7.22. The summed E-state index contributed by atoms with van der Waals surface area (Å²) in [5.74, 6) is -0.0867. The number of carbonyl (C=O) groups is 2. The van der Waals surface area contributed by atoms with Crippen molar-refractivity contribution in [2.45, 2.75) is 39.0 Å². The summed E-state index contributed by atoms with van der Waals surface area (Å²) >= 11 is 1.39. The molecule has 0 fully saturated rings. The number of ether oxygens (including phenoxy) is 1. The molecule has 3 nitrogen and oxygen atoms in total. The van der Waals surface area contributed by atoms with Crippen molar-refractivity contribution in [1.29, 1.82) is 0 Å². The molecule has 1 rings (SSSR count). The largest absolute Gasteiger partial charge is 0.469 e. The third kappa shape index (κ3) is 4.69. The van der Waals surface area contributed by atoms with Gasteiger partial charge in [0.1, 0.15) is 0 Å². The molecule has 0 saturated heterocycles. The van der Waals surface area contributed by atoms with Gasteiger partial charge in [-0.3, -0.25) is 9.59 Å². The summed E-state index contributed by atoms with van der Waals surface area (Å²) in [6, 6.07) is 3.63. The highest BCUT2D eigenvalue weighted by Gasteiger charge is 2.11. The highest BCUT2D eigenvalue weighted by atomic mass is 32.1. The standard InChI is InChI=1S/C13H18O3S/c1-3-4-5-6-11(14)12-8-7-10(17-12)9-13(15)16-2/h7-8H,3-6,9H2,1-2H3. The Labute approximate surface area is 106 Å². The molecule has 0 aliphatic heterocycles. The van der Waals surface area contributed by atoms with Crippen molar-refractivity contribution in [2.75, 3.05) is 7.11 Å². The molecule has 0 N–H and O–H groups in total. The molecule has 0 saturated carbocycles. The molecule has 4 heteroatoms. The molecule has 17 heavy (non-hydrogen) atoms. The lowest BCUT2D eigenvalue weighted by Gasteiger charge is -1.97. The van der Waals surface area contributed by atoms with Gasteiger partial charge in [-0.1, -0.05) is 19.8 Å². The molecule has 0 atom stereocenters. The molecule has 0 unspecified atom stereocenters. The summed E-state index contributed by atoms with van der Waals surface area (Å²) < 4.78 is 4.59. The van der Waals surface area contributed by atoms with E-state index in [1.807, 2.05) is 6.07 Å². The van der Waals surface area contributed by atoms with Crippen LogP contribution in [0, 0.1) is 0 Å². The Morgan fingerprint density at radius 1 is 1.29 bits per heavy atom. The van der Waals surface area contributed by atoms with Gasteiger partial charge in [-0.05, 0) is 18.6 Å². The van der Waals surface area contributed by atoms with Crippen LogP contribution in [0.4, 0.5) is 0 Å². The van der Waals surface area contributed by atoms with Crippen LogP contribution < -0.4 is 0 Å². The van der Waals surface area contributed by atoms with E-state index in [4.69, 9.17) is 0 Å². The summed E-state index contributed by atoms with van der Waals surface area (Å²) in [4.78, 5) is 24.5. The zero-order chi connectivity index (χ0) is 12.7. The molecular weight excluding hydrogens is 236 g/mol. The van der Waals surface area contributed by atoms with Crippen molar-refractivity contribution in [1.82, 2.24) is 0 Å². The van der Waals surface area contributed by atoms with E-state index in [0.717, 1.165) is 29.0 Å². The Morgan fingerprint density at radius 3 is 2.71 bits per heavy atom. The molecular formula is C13H18O3S. The van der Waals surface area contributed by atoms with Crippen molar-refractivity contribution in [3.05, 3.63) is 21.9 Å². The Kier molecular flexibility index (Phi) is 5.91. The number of rotatable bonds is 7. The van der Waals surface area contributed by atoms with E-state index in [1.165, 1.54) is 18.4 Å². The molecule has 0 bridgehead atoms. The summed E-state index contributed by atoms with van der Waals surface area (Å²) in [6.07, 6.45) is 4.01. The number of hydrogen-bond donors (Lipinski definition) is 0. The average Bonchev–Trinajstić information content (AvgIpc) is 2.77. The molecule has 94 valence electrons. The number of unbranched alkanes of at least 4 members (excludes halogenated alkanes) is 2. The minimum Gasteiger partial charge on any atom is -0.469 e. The van der Waals surface area contributed by atoms with Crippen LogP contribution in [0.1, 0.15) is 47.2 Å². The topological polar surface area (TPSA) is 43.4 Å². The summed E-state index contributed by atoms with van der Waals surface area (Å²) in [6.45, 7) is 2.12. The van der Waals surface area contributed by atoms with Gasteiger partial charge < -0.3 is 4.74 Å². The monoisotopic (exact) mass is 254 g/mol. The van der Waals surface area contributed by atoms with Gasteiger partial charge in [0.15, 0.2) is 5.78 Å². The van der Waals surface area contributed by atoms with Gasteiger partial charge in [0.05, 0.1) is 18.4 Å². The Bertz CT molecular complexity index is 382. The highest BCUT2D eigenvalue weighted by Crippen LogP contribution is 2.20. The fraction of sp³-hybridized carbons (Fsp3) is 0.538. The van der Waals surface area contributed by atoms with Crippen LogP contribution in [0.2, 0.25) is 0 Å². The second-order valence-corrected chi connectivity index (χ2v) is 5.07. The maximum Gasteiger partial charge on any atom is 0.310 e. The first-order valence-corrected chi connectivity index (χ1v) is 6.67. The predicted molar refractivity (Wildman–Crippen MR) is 68.5 cm³/mol. The average molecular weight is 254 g/mol. The molecule has 0 amide bonds. The van der Waals surface area contributed by atoms with Crippen molar-refractivity contribution in [2.24, 2.45) is 0 Å². The van der Waals surface area contributed by atoms with Crippen molar-refractivity contribution < 1.29 is 14.3 Å². The van der Waals surface area contributed by atoms with Gasteiger partial charge in [0.25, 0.3) is 0 Å². The van der Waals surface area contributed by atoms with Gasteiger partial charge >= 0.3 is 5.97 Å². The fourth-order valence-electron chi connectivity index (χ4n) is 1.50. The first kappa shape index (κ1) is 13.9. The maximum atomic E-state index is 11.8. The Hall–Kier alpha value is -1.16. The van der Waals surface area contributed by atoms with Crippen molar-refractivity contribution >= 4 is 23.1 Å². The van der Waals surface area contributed by atoms with Crippen LogP contribution in [0.25, 0.3) is 0 Å². The Balaban J connectivity index is 2.49. The van der Waals surface area contributed by atoms with E-state index in [1.54, 1.807) is 6.07 Å². The Morgan fingerprint density at radius 2 is 2.06 bits per heavy atom. The van der Waals surface area contributed by atoms with Gasteiger partial charge in [0.2, 0.25) is 0 Å². The minimum absolute atomic E-state index is 0.180. The number of hydrogen-bond acceptors (Lipinski definition) is 4. The molecule has 1 heterocycles. The lowest BCUT2D eigenvalue weighted by atomic mass is 10.1. The third-order valence-electron chi connectivity index (χ3n) is 2.49. The molecule has 1 aromatic rings. The summed E-state index contributed by atoms with van der Waals surface area (Å²) in [7, 11) is 1.37. The lowest BCUT2D eigenvalue weighted by molar-refractivity contribution is -0.139. The summed E-state index contributed by atoms with van der Waals surface area (Å²) in [5.41, 5.74) is 0. The zero-order valence-corrected chi connectivity index (χ0v) is 11.1. The summed E-state index contributed by atoms with van der Waals surface area (Å²) in [5, 5.41) is 0. The second-order valence-electron chi connectivity index (χ2n) is 3.90. The van der Waals surface area contributed by atoms with Gasteiger partial charge in [-0.25, -0.2) is 0 Å². The number of ketones is 1. The maximum absolute atomic E-state index is 11.8. The highest BCUT2D eigenvalue weighted by molar-refractivity contribution is 7.14. The molecule has 0 aliphatic rings. The normalized spacial score (nSPS) is 10.2. The fourth-order valence-corrected chi connectivity index (χ4v) is 2.46. The molecule has 0 aliphatic carbocycles. The van der Waals surface area contributed by atoms with Gasteiger partial charge in [-0.15, -0.1) is 11.3 Å². The van der Waals surface area contributed by atoms with Crippen LogP contribution in [0.3, 0.4) is 0 Å². The molecule has 0 spiro atoms. The van der Waals surface area contributed by atoms with Crippen molar-refractivity contribution in [3.63, 3.8) is 0 Å². The van der Waals surface area contributed by atoms with E-state index in [0.29, 0.717) is 6.42 Å². The lowest BCUT2D eigenvalue weighted by Crippen LogP contribution is -2.02. The molecule has 0 radical (unpaired) electrons.